The number of methoxy groups -OCH3 is 1. The Labute approximate surface area is 233 Å². The first kappa shape index (κ1) is 27.4. The SMILES string of the molecule is COC1CCC(Cc2cccc(-c3ccccc3OCc3ccccc3)c2)(C(=O)NC2CCN(C)CC2)CC1. The van der Waals surface area contributed by atoms with Gasteiger partial charge in [-0.1, -0.05) is 72.8 Å². The number of ether oxygens (including phenoxy) is 2. The Morgan fingerprint density at radius 2 is 1.59 bits per heavy atom. The molecule has 0 atom stereocenters. The summed E-state index contributed by atoms with van der Waals surface area (Å²) in [6, 6.07) is 27.4. The molecule has 3 aromatic carbocycles. The lowest BCUT2D eigenvalue weighted by atomic mass is 9.68. The maximum absolute atomic E-state index is 13.9. The van der Waals surface area contributed by atoms with Gasteiger partial charge in [0.15, 0.2) is 0 Å². The Bertz CT molecular complexity index is 1210. The van der Waals surface area contributed by atoms with Gasteiger partial charge in [-0.2, -0.15) is 0 Å². The molecule has 0 aromatic heterocycles. The molecule has 1 saturated heterocycles. The van der Waals surface area contributed by atoms with E-state index in [-0.39, 0.29) is 18.1 Å². The van der Waals surface area contributed by atoms with Crippen molar-refractivity contribution in [2.75, 3.05) is 27.2 Å². The standard InChI is InChI=1S/C34H42N2O3/c1-36-21-17-29(18-22-36)35-33(37)34(19-15-30(38-2)16-20-34)24-27-11-8-12-28(23-27)31-13-6-7-14-32(31)39-25-26-9-4-3-5-10-26/h3-14,23,29-30H,15-22,24-25H2,1-2H3,(H,35,37). The summed E-state index contributed by atoms with van der Waals surface area (Å²) >= 11 is 0. The summed E-state index contributed by atoms with van der Waals surface area (Å²) in [5.74, 6) is 1.09. The van der Waals surface area contributed by atoms with Gasteiger partial charge in [-0.15, -0.1) is 0 Å². The van der Waals surface area contributed by atoms with E-state index in [1.165, 1.54) is 5.56 Å². The highest BCUT2D eigenvalue weighted by atomic mass is 16.5. The molecule has 1 aliphatic heterocycles. The van der Waals surface area contributed by atoms with E-state index in [1.807, 2.05) is 30.3 Å². The Hall–Kier alpha value is -3.15. The first-order chi connectivity index (χ1) is 19.0. The number of para-hydroxylation sites is 1. The van der Waals surface area contributed by atoms with Crippen LogP contribution in [0.5, 0.6) is 5.75 Å². The molecular formula is C34H42N2O3. The zero-order valence-corrected chi connectivity index (χ0v) is 23.4. The minimum atomic E-state index is -0.402. The average Bonchev–Trinajstić information content (AvgIpc) is 2.98. The number of rotatable bonds is 9. The van der Waals surface area contributed by atoms with E-state index in [0.29, 0.717) is 6.61 Å². The quantitative estimate of drug-likeness (QED) is 0.358. The van der Waals surface area contributed by atoms with Gasteiger partial charge in [0.05, 0.1) is 11.5 Å². The van der Waals surface area contributed by atoms with Crippen LogP contribution in [0.25, 0.3) is 11.1 Å². The van der Waals surface area contributed by atoms with E-state index in [1.54, 1.807) is 7.11 Å². The first-order valence-corrected chi connectivity index (χ1v) is 14.4. The molecule has 0 spiro atoms. The van der Waals surface area contributed by atoms with Crippen LogP contribution in [0.2, 0.25) is 0 Å². The van der Waals surface area contributed by atoms with Gasteiger partial charge in [0.1, 0.15) is 12.4 Å². The lowest BCUT2D eigenvalue weighted by Crippen LogP contribution is -2.51. The number of hydrogen-bond donors (Lipinski definition) is 1. The third-order valence-electron chi connectivity index (χ3n) is 8.66. The molecule has 3 aromatic rings. The zero-order chi connectivity index (χ0) is 27.1. The van der Waals surface area contributed by atoms with E-state index >= 15 is 0 Å². The third kappa shape index (κ3) is 6.90. The fourth-order valence-electron chi connectivity index (χ4n) is 6.16. The van der Waals surface area contributed by atoms with E-state index in [0.717, 1.165) is 80.5 Å². The van der Waals surface area contributed by atoms with Crippen molar-refractivity contribution in [2.24, 2.45) is 5.41 Å². The van der Waals surface area contributed by atoms with Crippen LogP contribution in [0, 0.1) is 5.41 Å². The molecule has 1 N–H and O–H groups in total. The van der Waals surface area contributed by atoms with Gasteiger partial charge in [0.25, 0.3) is 0 Å². The predicted molar refractivity (Wildman–Crippen MR) is 157 cm³/mol. The molecule has 206 valence electrons. The molecule has 1 aliphatic carbocycles. The highest BCUT2D eigenvalue weighted by Gasteiger charge is 2.42. The molecule has 1 amide bonds. The maximum atomic E-state index is 13.9. The number of likely N-dealkylation sites (tertiary alicyclic amines) is 1. The van der Waals surface area contributed by atoms with E-state index in [9.17, 15) is 4.79 Å². The number of nitrogens with zero attached hydrogens (tertiary/aromatic N) is 1. The molecule has 5 heteroatoms. The number of hydrogen-bond acceptors (Lipinski definition) is 4. The number of carbonyl (C=O) groups excluding carboxylic acids is 1. The Morgan fingerprint density at radius 1 is 0.897 bits per heavy atom. The van der Waals surface area contributed by atoms with Crippen molar-refractivity contribution in [1.29, 1.82) is 0 Å². The minimum absolute atomic E-state index is 0.226. The highest BCUT2D eigenvalue weighted by molar-refractivity contribution is 5.83. The number of amides is 1. The van der Waals surface area contributed by atoms with E-state index in [2.05, 4.69) is 65.8 Å². The third-order valence-corrected chi connectivity index (χ3v) is 8.66. The maximum Gasteiger partial charge on any atom is 0.226 e. The monoisotopic (exact) mass is 526 g/mol. The Kier molecular flexibility index (Phi) is 9.00. The minimum Gasteiger partial charge on any atom is -0.488 e. The van der Waals surface area contributed by atoms with Gasteiger partial charge < -0.3 is 19.7 Å². The molecule has 5 nitrogen and oxygen atoms in total. The number of benzene rings is 3. The van der Waals surface area contributed by atoms with Crippen molar-refractivity contribution in [3.8, 4) is 16.9 Å². The van der Waals surface area contributed by atoms with Crippen LogP contribution in [0.15, 0.2) is 78.9 Å². The summed E-state index contributed by atoms with van der Waals surface area (Å²) < 4.78 is 11.9. The second-order valence-electron chi connectivity index (χ2n) is 11.4. The van der Waals surface area contributed by atoms with Crippen molar-refractivity contribution >= 4 is 5.91 Å². The normalized spacial score (nSPS) is 22.4. The average molecular weight is 527 g/mol. The first-order valence-electron chi connectivity index (χ1n) is 14.4. The topological polar surface area (TPSA) is 50.8 Å². The molecule has 5 rings (SSSR count). The lowest BCUT2D eigenvalue weighted by molar-refractivity contribution is -0.135. The van der Waals surface area contributed by atoms with Gasteiger partial charge in [-0.05, 0) is 87.8 Å². The molecule has 39 heavy (non-hydrogen) atoms. The second kappa shape index (κ2) is 12.8. The predicted octanol–water partition coefficient (Wildman–Crippen LogP) is 6.26. The van der Waals surface area contributed by atoms with E-state index in [4.69, 9.17) is 9.47 Å². The second-order valence-corrected chi connectivity index (χ2v) is 11.4. The largest absolute Gasteiger partial charge is 0.488 e. The molecule has 1 saturated carbocycles. The summed E-state index contributed by atoms with van der Waals surface area (Å²) in [6.07, 6.45) is 6.58. The van der Waals surface area contributed by atoms with Crippen molar-refractivity contribution in [1.82, 2.24) is 10.2 Å². The van der Waals surface area contributed by atoms with Crippen LogP contribution in [-0.4, -0.2) is 50.2 Å². The van der Waals surface area contributed by atoms with Gasteiger partial charge >= 0.3 is 0 Å². The number of carbonyl (C=O) groups is 1. The van der Waals surface area contributed by atoms with Crippen LogP contribution < -0.4 is 10.1 Å². The summed E-state index contributed by atoms with van der Waals surface area (Å²) in [6.45, 7) is 2.60. The molecular weight excluding hydrogens is 484 g/mol. The molecule has 0 bridgehead atoms. The lowest BCUT2D eigenvalue weighted by Gasteiger charge is -2.40. The van der Waals surface area contributed by atoms with Crippen molar-refractivity contribution in [3.05, 3.63) is 90.0 Å². The number of nitrogens with one attached hydrogen (secondary N) is 1. The van der Waals surface area contributed by atoms with Gasteiger partial charge in [-0.3, -0.25) is 4.79 Å². The van der Waals surface area contributed by atoms with Crippen LogP contribution in [0.1, 0.15) is 49.7 Å². The van der Waals surface area contributed by atoms with Crippen LogP contribution in [0.3, 0.4) is 0 Å². The fourth-order valence-corrected chi connectivity index (χ4v) is 6.16. The fraction of sp³-hybridized carbons (Fsp3) is 0.441. The van der Waals surface area contributed by atoms with Crippen LogP contribution in [0.4, 0.5) is 0 Å². The molecule has 2 fully saturated rings. The highest BCUT2D eigenvalue weighted by Crippen LogP contribution is 2.41. The zero-order valence-electron chi connectivity index (χ0n) is 23.4. The van der Waals surface area contributed by atoms with Crippen molar-refractivity contribution in [2.45, 2.75) is 63.7 Å². The van der Waals surface area contributed by atoms with Crippen molar-refractivity contribution < 1.29 is 14.3 Å². The number of piperidine rings is 1. The van der Waals surface area contributed by atoms with Gasteiger partial charge in [0.2, 0.25) is 5.91 Å². The van der Waals surface area contributed by atoms with Gasteiger partial charge in [0, 0.05) is 18.7 Å². The summed E-state index contributed by atoms with van der Waals surface area (Å²) in [4.78, 5) is 16.3. The Morgan fingerprint density at radius 3 is 2.33 bits per heavy atom. The summed E-state index contributed by atoms with van der Waals surface area (Å²) in [5, 5.41) is 3.46. The molecule has 2 aliphatic rings. The van der Waals surface area contributed by atoms with E-state index < -0.39 is 5.41 Å². The molecule has 0 radical (unpaired) electrons. The smallest absolute Gasteiger partial charge is 0.226 e. The Balaban J connectivity index is 1.35. The molecule has 0 unspecified atom stereocenters. The van der Waals surface area contributed by atoms with Crippen LogP contribution >= 0.6 is 0 Å². The summed E-state index contributed by atoms with van der Waals surface area (Å²) in [7, 11) is 3.94. The van der Waals surface area contributed by atoms with Gasteiger partial charge in [-0.25, -0.2) is 0 Å². The summed E-state index contributed by atoms with van der Waals surface area (Å²) in [5.41, 5.74) is 4.13. The van der Waals surface area contributed by atoms with Crippen LogP contribution in [-0.2, 0) is 22.6 Å². The van der Waals surface area contributed by atoms with Crippen molar-refractivity contribution in [3.63, 3.8) is 0 Å². The molecule has 1 heterocycles.